The molecule has 0 spiro atoms. The predicted molar refractivity (Wildman–Crippen MR) is 100 cm³/mol. The molecule has 0 unspecified atom stereocenters. The van der Waals surface area contributed by atoms with E-state index in [1.54, 1.807) is 36.4 Å². The summed E-state index contributed by atoms with van der Waals surface area (Å²) in [7, 11) is -4.07. The Kier molecular flexibility index (Phi) is 6.91. The van der Waals surface area contributed by atoms with Crippen molar-refractivity contribution in [3.63, 3.8) is 0 Å². The molecule has 0 atom stereocenters. The maximum absolute atomic E-state index is 12.5. The van der Waals surface area contributed by atoms with E-state index in [1.807, 2.05) is 6.92 Å². The minimum absolute atomic E-state index is 0.121. The monoisotopic (exact) mass is 374 g/mol. The summed E-state index contributed by atoms with van der Waals surface area (Å²) in [6.07, 6.45) is 2.57. The molecule has 2 N–H and O–H groups in total. The Balaban J connectivity index is 2.17. The Morgan fingerprint density at radius 2 is 1.58 bits per heavy atom. The van der Waals surface area contributed by atoms with Gasteiger partial charge >= 0.3 is 0 Å². The third kappa shape index (κ3) is 5.42. The van der Waals surface area contributed by atoms with E-state index < -0.39 is 21.8 Å². The van der Waals surface area contributed by atoms with Crippen LogP contribution >= 0.6 is 0 Å². The summed E-state index contributed by atoms with van der Waals surface area (Å²) >= 11 is 0. The summed E-state index contributed by atoms with van der Waals surface area (Å²) in [5.74, 6) is -0.981. The molecule has 0 aliphatic rings. The van der Waals surface area contributed by atoms with Gasteiger partial charge in [-0.05, 0) is 30.7 Å². The molecular weight excluding hydrogens is 352 g/mol. The first-order valence-electron chi connectivity index (χ1n) is 8.45. The highest BCUT2D eigenvalue weighted by Gasteiger charge is 2.22. The molecule has 0 radical (unpaired) electrons. The standard InChI is InChI=1S/C19H22N2O4S/c1-2-3-5-14-18(22)21-26(24,25)17-13-9-8-12-16(17)20-19(23)15-10-6-4-7-11-15/h4,6-13H,2-3,5,14H2,1H3,(H,20,23)(H,21,22). The molecule has 2 amide bonds. The Labute approximate surface area is 153 Å². The second-order valence-electron chi connectivity index (χ2n) is 5.80. The van der Waals surface area contributed by atoms with Crippen LogP contribution in [0.4, 0.5) is 5.69 Å². The van der Waals surface area contributed by atoms with Gasteiger partial charge in [0.2, 0.25) is 5.91 Å². The Morgan fingerprint density at radius 1 is 0.923 bits per heavy atom. The van der Waals surface area contributed by atoms with Crippen molar-refractivity contribution in [1.82, 2.24) is 4.72 Å². The molecular formula is C19H22N2O4S. The first kappa shape index (κ1) is 19.7. The fourth-order valence-corrected chi connectivity index (χ4v) is 3.56. The summed E-state index contributed by atoms with van der Waals surface area (Å²) in [6, 6.07) is 14.4. The zero-order valence-corrected chi connectivity index (χ0v) is 15.4. The molecule has 0 aromatic heterocycles. The van der Waals surface area contributed by atoms with Crippen LogP contribution in [0.15, 0.2) is 59.5 Å². The summed E-state index contributed by atoms with van der Waals surface area (Å²) in [6.45, 7) is 2.00. The molecule has 0 fully saturated rings. The third-order valence-corrected chi connectivity index (χ3v) is 5.15. The lowest BCUT2D eigenvalue weighted by Gasteiger charge is -2.12. The topological polar surface area (TPSA) is 92.3 Å². The molecule has 7 heteroatoms. The lowest BCUT2D eigenvalue weighted by Crippen LogP contribution is -2.31. The van der Waals surface area contributed by atoms with Gasteiger partial charge in [0.25, 0.3) is 15.9 Å². The van der Waals surface area contributed by atoms with Crippen molar-refractivity contribution in [2.75, 3.05) is 5.32 Å². The number of anilines is 1. The van der Waals surface area contributed by atoms with Crippen molar-refractivity contribution in [2.24, 2.45) is 0 Å². The molecule has 138 valence electrons. The number of carbonyl (C=O) groups excluding carboxylic acids is 2. The van der Waals surface area contributed by atoms with E-state index in [1.165, 1.54) is 18.2 Å². The largest absolute Gasteiger partial charge is 0.321 e. The number of hydrogen-bond donors (Lipinski definition) is 2. The van der Waals surface area contributed by atoms with Crippen LogP contribution in [-0.2, 0) is 14.8 Å². The van der Waals surface area contributed by atoms with Crippen LogP contribution in [0, 0.1) is 0 Å². The van der Waals surface area contributed by atoms with Gasteiger partial charge in [-0.15, -0.1) is 0 Å². The zero-order chi connectivity index (χ0) is 19.0. The van der Waals surface area contributed by atoms with Gasteiger partial charge in [-0.1, -0.05) is 50.1 Å². The minimum Gasteiger partial charge on any atom is -0.321 e. The average Bonchev–Trinajstić information content (AvgIpc) is 2.62. The van der Waals surface area contributed by atoms with Crippen molar-refractivity contribution < 1.29 is 18.0 Å². The van der Waals surface area contributed by atoms with Gasteiger partial charge in [-0.25, -0.2) is 13.1 Å². The number of carbonyl (C=O) groups is 2. The van der Waals surface area contributed by atoms with E-state index in [2.05, 4.69) is 10.0 Å². The van der Waals surface area contributed by atoms with Crippen LogP contribution in [-0.4, -0.2) is 20.2 Å². The fourth-order valence-electron chi connectivity index (χ4n) is 2.38. The van der Waals surface area contributed by atoms with Crippen LogP contribution in [0.5, 0.6) is 0 Å². The summed E-state index contributed by atoms with van der Waals surface area (Å²) in [4.78, 5) is 24.0. The smallest absolute Gasteiger partial charge is 0.266 e. The summed E-state index contributed by atoms with van der Waals surface area (Å²) in [5.41, 5.74) is 0.526. The fraction of sp³-hybridized carbons (Fsp3) is 0.263. The maximum Gasteiger partial charge on any atom is 0.266 e. The molecule has 26 heavy (non-hydrogen) atoms. The molecule has 0 aliphatic carbocycles. The van der Waals surface area contributed by atoms with Gasteiger partial charge in [0.1, 0.15) is 4.90 Å². The lowest BCUT2D eigenvalue weighted by molar-refractivity contribution is -0.119. The number of para-hydroxylation sites is 1. The second kappa shape index (κ2) is 9.15. The van der Waals surface area contributed by atoms with Gasteiger partial charge in [0, 0.05) is 12.0 Å². The van der Waals surface area contributed by atoms with E-state index >= 15 is 0 Å². The van der Waals surface area contributed by atoms with Gasteiger partial charge in [-0.2, -0.15) is 0 Å². The van der Waals surface area contributed by atoms with E-state index in [4.69, 9.17) is 0 Å². The van der Waals surface area contributed by atoms with Crippen LogP contribution in [0.2, 0.25) is 0 Å². The Bertz CT molecular complexity index is 864. The molecule has 6 nitrogen and oxygen atoms in total. The highest BCUT2D eigenvalue weighted by molar-refractivity contribution is 7.90. The number of nitrogens with one attached hydrogen (secondary N) is 2. The van der Waals surface area contributed by atoms with E-state index in [0.29, 0.717) is 12.0 Å². The third-order valence-electron chi connectivity index (χ3n) is 3.72. The zero-order valence-electron chi connectivity index (χ0n) is 14.6. The van der Waals surface area contributed by atoms with Crippen LogP contribution in [0.1, 0.15) is 43.0 Å². The number of rotatable bonds is 8. The Hall–Kier alpha value is -2.67. The van der Waals surface area contributed by atoms with E-state index in [-0.39, 0.29) is 17.0 Å². The van der Waals surface area contributed by atoms with Gasteiger partial charge in [0.05, 0.1) is 5.69 Å². The van der Waals surface area contributed by atoms with Gasteiger partial charge in [-0.3, -0.25) is 9.59 Å². The summed E-state index contributed by atoms with van der Waals surface area (Å²) < 4.78 is 27.1. The summed E-state index contributed by atoms with van der Waals surface area (Å²) in [5, 5.41) is 2.59. The van der Waals surface area contributed by atoms with Crippen molar-refractivity contribution in [1.29, 1.82) is 0 Å². The number of unbranched alkanes of at least 4 members (excludes halogenated alkanes) is 2. The highest BCUT2D eigenvalue weighted by atomic mass is 32.2. The SMILES string of the molecule is CCCCCC(=O)NS(=O)(=O)c1ccccc1NC(=O)c1ccccc1. The van der Waals surface area contributed by atoms with Crippen LogP contribution in [0.3, 0.4) is 0 Å². The van der Waals surface area contributed by atoms with Crippen molar-refractivity contribution in [3.8, 4) is 0 Å². The van der Waals surface area contributed by atoms with Gasteiger partial charge in [0.15, 0.2) is 0 Å². The van der Waals surface area contributed by atoms with Crippen LogP contribution < -0.4 is 10.0 Å². The quantitative estimate of drug-likeness (QED) is 0.693. The number of benzene rings is 2. The molecule has 2 rings (SSSR count). The van der Waals surface area contributed by atoms with Crippen LogP contribution in [0.25, 0.3) is 0 Å². The van der Waals surface area contributed by atoms with E-state index in [9.17, 15) is 18.0 Å². The molecule has 0 heterocycles. The molecule has 0 saturated heterocycles. The van der Waals surface area contributed by atoms with Gasteiger partial charge < -0.3 is 5.32 Å². The first-order valence-corrected chi connectivity index (χ1v) is 9.93. The predicted octanol–water partition coefficient (Wildman–Crippen LogP) is 3.32. The molecule has 2 aromatic rings. The van der Waals surface area contributed by atoms with Crippen molar-refractivity contribution >= 4 is 27.5 Å². The highest BCUT2D eigenvalue weighted by Crippen LogP contribution is 2.21. The second-order valence-corrected chi connectivity index (χ2v) is 7.45. The minimum atomic E-state index is -4.07. The molecule has 2 aromatic carbocycles. The Morgan fingerprint density at radius 3 is 2.27 bits per heavy atom. The lowest BCUT2D eigenvalue weighted by atomic mass is 10.2. The van der Waals surface area contributed by atoms with E-state index in [0.717, 1.165) is 12.8 Å². The molecule has 0 aliphatic heterocycles. The number of sulfonamides is 1. The molecule has 0 bridgehead atoms. The number of amides is 2. The van der Waals surface area contributed by atoms with Crippen molar-refractivity contribution in [3.05, 3.63) is 60.2 Å². The maximum atomic E-state index is 12.5. The molecule has 0 saturated carbocycles. The first-order chi connectivity index (χ1) is 12.4. The van der Waals surface area contributed by atoms with Crippen molar-refractivity contribution in [2.45, 2.75) is 37.5 Å². The number of hydrogen-bond acceptors (Lipinski definition) is 4. The normalized spacial score (nSPS) is 11.0. The average molecular weight is 374 g/mol.